The zero-order chi connectivity index (χ0) is 14.3. The Morgan fingerprint density at radius 2 is 1.89 bits per heavy atom. The van der Waals surface area contributed by atoms with Crippen LogP contribution in [-0.2, 0) is 11.3 Å². The van der Waals surface area contributed by atoms with Crippen molar-refractivity contribution in [1.82, 2.24) is 4.90 Å². The number of nitrogens with zero attached hydrogens (tertiary/aromatic N) is 1. The molecule has 0 amide bonds. The van der Waals surface area contributed by atoms with Crippen molar-refractivity contribution in [3.8, 4) is 0 Å². The van der Waals surface area contributed by atoms with Crippen LogP contribution in [0, 0.1) is 0 Å². The Kier molecular flexibility index (Phi) is 6.49. The van der Waals surface area contributed by atoms with E-state index in [1.165, 1.54) is 5.56 Å². The van der Waals surface area contributed by atoms with E-state index in [1.807, 2.05) is 6.07 Å². The lowest BCUT2D eigenvalue weighted by Crippen LogP contribution is -2.39. The Bertz CT molecular complexity index is 349. The minimum atomic E-state index is -0.294. The molecule has 1 N–H and O–H groups in total. The van der Waals surface area contributed by atoms with Crippen LogP contribution >= 0.6 is 0 Å². The third-order valence-electron chi connectivity index (χ3n) is 2.97. The highest BCUT2D eigenvalue weighted by atomic mass is 16.5. The first-order valence-electron chi connectivity index (χ1n) is 6.93. The average molecular weight is 265 g/mol. The SMILES string of the molecule is CC(O)CCOC(C)(C)CN(C)Cc1ccccc1. The van der Waals surface area contributed by atoms with Crippen molar-refractivity contribution in [2.75, 3.05) is 20.2 Å². The molecule has 0 fully saturated rings. The predicted octanol–water partition coefficient (Wildman–Crippen LogP) is 2.68. The molecule has 0 saturated carbocycles. The summed E-state index contributed by atoms with van der Waals surface area (Å²) in [5, 5.41) is 9.24. The van der Waals surface area contributed by atoms with Crippen molar-refractivity contribution in [2.24, 2.45) is 0 Å². The molecule has 0 aliphatic rings. The van der Waals surface area contributed by atoms with Gasteiger partial charge >= 0.3 is 0 Å². The highest BCUT2D eigenvalue weighted by molar-refractivity contribution is 5.14. The zero-order valence-electron chi connectivity index (χ0n) is 12.6. The summed E-state index contributed by atoms with van der Waals surface area (Å²) in [6.45, 7) is 8.36. The molecular formula is C16H27NO2. The van der Waals surface area contributed by atoms with Crippen LogP contribution in [0.5, 0.6) is 0 Å². The number of aliphatic hydroxyl groups excluding tert-OH is 1. The molecule has 1 rings (SSSR count). The minimum Gasteiger partial charge on any atom is -0.393 e. The van der Waals surface area contributed by atoms with E-state index in [0.717, 1.165) is 13.1 Å². The van der Waals surface area contributed by atoms with Gasteiger partial charge in [-0.3, -0.25) is 4.90 Å². The predicted molar refractivity (Wildman–Crippen MR) is 79.1 cm³/mol. The smallest absolute Gasteiger partial charge is 0.0752 e. The van der Waals surface area contributed by atoms with Gasteiger partial charge in [0.15, 0.2) is 0 Å². The topological polar surface area (TPSA) is 32.7 Å². The first-order valence-corrected chi connectivity index (χ1v) is 6.93. The van der Waals surface area contributed by atoms with E-state index in [0.29, 0.717) is 13.0 Å². The maximum atomic E-state index is 9.24. The van der Waals surface area contributed by atoms with Crippen LogP contribution in [0.25, 0.3) is 0 Å². The molecule has 108 valence electrons. The number of benzene rings is 1. The monoisotopic (exact) mass is 265 g/mol. The zero-order valence-corrected chi connectivity index (χ0v) is 12.6. The molecule has 0 saturated heterocycles. The van der Waals surface area contributed by atoms with Crippen molar-refractivity contribution >= 4 is 0 Å². The normalized spacial score (nSPS) is 13.8. The molecule has 3 nitrogen and oxygen atoms in total. The summed E-state index contributed by atoms with van der Waals surface area (Å²) in [6, 6.07) is 10.4. The van der Waals surface area contributed by atoms with E-state index in [9.17, 15) is 5.11 Å². The molecule has 19 heavy (non-hydrogen) atoms. The lowest BCUT2D eigenvalue weighted by molar-refractivity contribution is -0.0466. The second-order valence-corrected chi connectivity index (χ2v) is 5.90. The van der Waals surface area contributed by atoms with Gasteiger partial charge in [0.1, 0.15) is 0 Å². The lowest BCUT2D eigenvalue weighted by Gasteiger charge is -2.31. The number of hydrogen-bond donors (Lipinski definition) is 1. The standard InChI is InChI=1S/C16H27NO2/c1-14(18)10-11-19-16(2,3)13-17(4)12-15-8-6-5-7-9-15/h5-9,14,18H,10-13H2,1-4H3. The summed E-state index contributed by atoms with van der Waals surface area (Å²) in [5.74, 6) is 0. The first kappa shape index (κ1) is 16.2. The van der Waals surface area contributed by atoms with Crippen LogP contribution < -0.4 is 0 Å². The van der Waals surface area contributed by atoms with Gasteiger partial charge < -0.3 is 9.84 Å². The van der Waals surface area contributed by atoms with Crippen molar-refractivity contribution in [3.05, 3.63) is 35.9 Å². The van der Waals surface area contributed by atoms with E-state index in [4.69, 9.17) is 4.74 Å². The van der Waals surface area contributed by atoms with Crippen molar-refractivity contribution < 1.29 is 9.84 Å². The van der Waals surface area contributed by atoms with E-state index in [2.05, 4.69) is 50.1 Å². The molecule has 0 spiro atoms. The fourth-order valence-electron chi connectivity index (χ4n) is 2.15. The summed E-state index contributed by atoms with van der Waals surface area (Å²) in [4.78, 5) is 2.26. The second-order valence-electron chi connectivity index (χ2n) is 5.90. The van der Waals surface area contributed by atoms with Crippen molar-refractivity contribution in [2.45, 2.75) is 45.4 Å². The van der Waals surface area contributed by atoms with Gasteiger partial charge in [0.25, 0.3) is 0 Å². The molecule has 0 aliphatic heterocycles. The second kappa shape index (κ2) is 7.63. The Morgan fingerprint density at radius 3 is 2.47 bits per heavy atom. The quantitative estimate of drug-likeness (QED) is 0.784. The van der Waals surface area contributed by atoms with E-state index in [-0.39, 0.29) is 11.7 Å². The molecule has 1 aromatic rings. The lowest BCUT2D eigenvalue weighted by atomic mass is 10.1. The number of rotatable bonds is 8. The van der Waals surface area contributed by atoms with Gasteiger partial charge in [-0.1, -0.05) is 30.3 Å². The summed E-state index contributed by atoms with van der Waals surface area (Å²) in [7, 11) is 2.10. The number of hydrogen-bond acceptors (Lipinski definition) is 3. The van der Waals surface area contributed by atoms with Gasteiger partial charge in [-0.2, -0.15) is 0 Å². The average Bonchev–Trinajstić information content (AvgIpc) is 2.28. The van der Waals surface area contributed by atoms with Gasteiger partial charge in [-0.05, 0) is 39.8 Å². The van der Waals surface area contributed by atoms with Gasteiger partial charge in [-0.25, -0.2) is 0 Å². The van der Waals surface area contributed by atoms with Gasteiger partial charge in [0, 0.05) is 19.7 Å². The maximum Gasteiger partial charge on any atom is 0.0752 e. The highest BCUT2D eigenvalue weighted by Crippen LogP contribution is 2.13. The Morgan fingerprint density at radius 1 is 1.26 bits per heavy atom. The molecule has 1 aromatic carbocycles. The molecule has 0 heterocycles. The highest BCUT2D eigenvalue weighted by Gasteiger charge is 2.20. The molecular weight excluding hydrogens is 238 g/mol. The number of aliphatic hydroxyl groups is 1. The summed E-state index contributed by atoms with van der Waals surface area (Å²) in [5.41, 5.74) is 1.11. The van der Waals surface area contributed by atoms with Gasteiger partial charge in [-0.15, -0.1) is 0 Å². The molecule has 0 aliphatic carbocycles. The van der Waals surface area contributed by atoms with Crippen LogP contribution in [0.4, 0.5) is 0 Å². The van der Waals surface area contributed by atoms with Crippen LogP contribution in [0.1, 0.15) is 32.8 Å². The summed E-state index contributed by atoms with van der Waals surface area (Å²) >= 11 is 0. The maximum absolute atomic E-state index is 9.24. The van der Waals surface area contributed by atoms with Crippen LogP contribution in [-0.4, -0.2) is 41.9 Å². The fraction of sp³-hybridized carbons (Fsp3) is 0.625. The summed E-state index contributed by atoms with van der Waals surface area (Å²) < 4.78 is 5.85. The number of ether oxygens (including phenoxy) is 1. The Labute approximate surface area is 117 Å². The largest absolute Gasteiger partial charge is 0.393 e. The Balaban J connectivity index is 2.35. The number of likely N-dealkylation sites (N-methyl/N-ethyl adjacent to an activating group) is 1. The van der Waals surface area contributed by atoms with E-state index >= 15 is 0 Å². The molecule has 0 aromatic heterocycles. The van der Waals surface area contributed by atoms with Crippen LogP contribution in [0.3, 0.4) is 0 Å². The molecule has 1 atom stereocenters. The van der Waals surface area contributed by atoms with Crippen LogP contribution in [0.15, 0.2) is 30.3 Å². The third kappa shape index (κ3) is 7.31. The molecule has 3 heteroatoms. The van der Waals surface area contributed by atoms with Crippen molar-refractivity contribution in [3.63, 3.8) is 0 Å². The van der Waals surface area contributed by atoms with Gasteiger partial charge in [0.05, 0.1) is 11.7 Å². The van der Waals surface area contributed by atoms with Crippen LogP contribution in [0.2, 0.25) is 0 Å². The molecule has 0 bridgehead atoms. The fourth-order valence-corrected chi connectivity index (χ4v) is 2.15. The van der Waals surface area contributed by atoms with E-state index < -0.39 is 0 Å². The van der Waals surface area contributed by atoms with E-state index in [1.54, 1.807) is 6.92 Å². The minimum absolute atomic E-state index is 0.196. The van der Waals surface area contributed by atoms with Gasteiger partial charge in [0.2, 0.25) is 0 Å². The first-order chi connectivity index (χ1) is 8.89. The summed E-state index contributed by atoms with van der Waals surface area (Å²) in [6.07, 6.45) is 0.393. The Hall–Kier alpha value is -0.900. The van der Waals surface area contributed by atoms with Crippen molar-refractivity contribution in [1.29, 1.82) is 0 Å². The molecule has 1 unspecified atom stereocenters. The third-order valence-corrected chi connectivity index (χ3v) is 2.97. The molecule has 0 radical (unpaired) electrons.